The van der Waals surface area contributed by atoms with Gasteiger partial charge in [0, 0.05) is 6.04 Å². The first-order chi connectivity index (χ1) is 7.68. The minimum absolute atomic E-state index is 0.121. The molecule has 3 rings (SSSR count). The molecule has 1 N–H and O–H groups in total. The lowest BCUT2D eigenvalue weighted by molar-refractivity contribution is -0.117. The predicted molar refractivity (Wildman–Crippen MR) is 60.0 cm³/mol. The Morgan fingerprint density at radius 1 is 1.44 bits per heavy atom. The van der Waals surface area contributed by atoms with Gasteiger partial charge in [-0.05, 0) is 31.9 Å². The maximum Gasteiger partial charge on any atom is 0.246 e. The van der Waals surface area contributed by atoms with Gasteiger partial charge in [-0.25, -0.2) is 4.39 Å². The number of amides is 1. The van der Waals surface area contributed by atoms with Gasteiger partial charge in [-0.1, -0.05) is 6.07 Å². The molecule has 0 spiro atoms. The third-order valence-corrected chi connectivity index (χ3v) is 3.25. The molecule has 1 aromatic rings. The zero-order valence-corrected chi connectivity index (χ0v) is 9.03. The number of anilines is 2. The van der Waals surface area contributed by atoms with Crippen LogP contribution < -0.4 is 10.2 Å². The fraction of sp³-hybridized carbons (Fsp3) is 0.417. The van der Waals surface area contributed by atoms with Crippen LogP contribution in [0.2, 0.25) is 0 Å². The number of carbonyl (C=O) groups excluding carboxylic acids is 1. The first-order valence-electron chi connectivity index (χ1n) is 5.56. The van der Waals surface area contributed by atoms with E-state index in [9.17, 15) is 9.18 Å². The summed E-state index contributed by atoms with van der Waals surface area (Å²) in [6.07, 6.45) is 2.18. The van der Waals surface area contributed by atoms with E-state index >= 15 is 0 Å². The van der Waals surface area contributed by atoms with Crippen LogP contribution in [0.25, 0.3) is 0 Å². The maximum atomic E-state index is 13.6. The molecule has 1 heterocycles. The van der Waals surface area contributed by atoms with E-state index in [0.29, 0.717) is 11.7 Å². The van der Waals surface area contributed by atoms with Crippen LogP contribution in [0.5, 0.6) is 0 Å². The topological polar surface area (TPSA) is 32.3 Å². The van der Waals surface area contributed by atoms with Crippen molar-refractivity contribution < 1.29 is 9.18 Å². The van der Waals surface area contributed by atoms with Gasteiger partial charge in [0.1, 0.15) is 17.5 Å². The molecule has 4 heteroatoms. The summed E-state index contributed by atoms with van der Waals surface area (Å²) in [6.45, 7) is 1.86. The summed E-state index contributed by atoms with van der Waals surface area (Å²) in [5.74, 6) is -0.479. The van der Waals surface area contributed by atoms with Crippen molar-refractivity contribution in [1.82, 2.24) is 0 Å². The molecule has 1 amide bonds. The molecule has 1 unspecified atom stereocenters. The number of benzene rings is 1. The minimum Gasteiger partial charge on any atom is -0.355 e. The van der Waals surface area contributed by atoms with E-state index in [2.05, 4.69) is 5.32 Å². The molecule has 2 aliphatic rings. The van der Waals surface area contributed by atoms with Crippen LogP contribution in [-0.2, 0) is 4.79 Å². The Bertz CT molecular complexity index is 456. The Morgan fingerprint density at radius 3 is 2.88 bits per heavy atom. The van der Waals surface area contributed by atoms with Crippen molar-refractivity contribution in [2.24, 2.45) is 0 Å². The minimum atomic E-state index is -0.358. The Balaban J connectivity index is 2.12. The van der Waals surface area contributed by atoms with Crippen molar-refractivity contribution >= 4 is 17.3 Å². The molecule has 3 nitrogen and oxygen atoms in total. The van der Waals surface area contributed by atoms with Crippen LogP contribution in [0.3, 0.4) is 0 Å². The number of hydrogen-bond acceptors (Lipinski definition) is 2. The van der Waals surface area contributed by atoms with Crippen molar-refractivity contribution in [3.05, 3.63) is 24.0 Å². The molecule has 1 fully saturated rings. The number of nitrogens with zero attached hydrogens (tertiary/aromatic N) is 1. The Morgan fingerprint density at radius 2 is 2.19 bits per heavy atom. The first-order valence-corrected chi connectivity index (χ1v) is 5.56. The smallest absolute Gasteiger partial charge is 0.246 e. The number of nitrogens with one attached hydrogen (secondary N) is 1. The highest BCUT2D eigenvalue weighted by Crippen LogP contribution is 2.41. The van der Waals surface area contributed by atoms with Crippen molar-refractivity contribution in [2.75, 3.05) is 10.2 Å². The van der Waals surface area contributed by atoms with Gasteiger partial charge < -0.3 is 10.2 Å². The second-order valence-corrected chi connectivity index (χ2v) is 4.44. The summed E-state index contributed by atoms with van der Waals surface area (Å²) < 4.78 is 13.6. The molecule has 1 saturated carbocycles. The molecule has 0 aromatic heterocycles. The first kappa shape index (κ1) is 9.63. The zero-order chi connectivity index (χ0) is 11.3. The van der Waals surface area contributed by atoms with Gasteiger partial charge in [-0.15, -0.1) is 0 Å². The quantitative estimate of drug-likeness (QED) is 0.786. The molecule has 0 radical (unpaired) electrons. The molecule has 1 aliphatic carbocycles. The highest BCUT2D eigenvalue weighted by Gasteiger charge is 2.39. The summed E-state index contributed by atoms with van der Waals surface area (Å²) >= 11 is 0. The molecule has 1 atom stereocenters. The van der Waals surface area contributed by atoms with E-state index in [1.54, 1.807) is 6.07 Å². The van der Waals surface area contributed by atoms with E-state index in [4.69, 9.17) is 0 Å². The fourth-order valence-electron chi connectivity index (χ4n) is 2.28. The number of para-hydroxylation sites is 1. The van der Waals surface area contributed by atoms with Crippen molar-refractivity contribution in [1.29, 1.82) is 0 Å². The standard InChI is InChI=1S/C12H13FN2O/c1-7-12(16)14-11-9(13)3-2-4-10(11)15(7)8-5-6-8/h2-4,7-8H,5-6H2,1H3,(H,14,16). The van der Waals surface area contributed by atoms with E-state index < -0.39 is 0 Å². The number of rotatable bonds is 1. The molecule has 0 saturated heterocycles. The highest BCUT2D eigenvalue weighted by molar-refractivity contribution is 6.03. The summed E-state index contributed by atoms with van der Waals surface area (Å²) in [7, 11) is 0. The number of halogens is 1. The average molecular weight is 220 g/mol. The molecule has 0 bridgehead atoms. The lowest BCUT2D eigenvalue weighted by Gasteiger charge is -2.36. The Hall–Kier alpha value is -1.58. The van der Waals surface area contributed by atoms with Crippen LogP contribution in [0.15, 0.2) is 18.2 Å². The van der Waals surface area contributed by atoms with Crippen LogP contribution in [0.1, 0.15) is 19.8 Å². The lowest BCUT2D eigenvalue weighted by Crippen LogP contribution is -2.47. The monoisotopic (exact) mass is 220 g/mol. The summed E-state index contributed by atoms with van der Waals surface area (Å²) in [5, 5.41) is 2.63. The normalized spacial score (nSPS) is 24.0. The van der Waals surface area contributed by atoms with Gasteiger partial charge in [0.15, 0.2) is 0 Å². The highest BCUT2D eigenvalue weighted by atomic mass is 19.1. The summed E-state index contributed by atoms with van der Waals surface area (Å²) in [4.78, 5) is 13.8. The second kappa shape index (κ2) is 3.20. The van der Waals surface area contributed by atoms with Gasteiger partial charge in [0.05, 0.1) is 5.69 Å². The zero-order valence-electron chi connectivity index (χ0n) is 9.03. The molecular weight excluding hydrogens is 207 g/mol. The van der Waals surface area contributed by atoms with Gasteiger partial charge in [0.2, 0.25) is 5.91 Å². The van der Waals surface area contributed by atoms with E-state index in [1.165, 1.54) is 6.07 Å². The molecule has 84 valence electrons. The molecule has 1 aromatic carbocycles. The second-order valence-electron chi connectivity index (χ2n) is 4.44. The largest absolute Gasteiger partial charge is 0.355 e. The fourth-order valence-corrected chi connectivity index (χ4v) is 2.28. The van der Waals surface area contributed by atoms with Crippen molar-refractivity contribution in [2.45, 2.75) is 31.8 Å². The van der Waals surface area contributed by atoms with Crippen LogP contribution >= 0.6 is 0 Å². The summed E-state index contributed by atoms with van der Waals surface area (Å²) in [6, 6.07) is 5.13. The van der Waals surface area contributed by atoms with Gasteiger partial charge in [-0.3, -0.25) is 4.79 Å². The third kappa shape index (κ3) is 1.29. The molecule has 16 heavy (non-hydrogen) atoms. The van der Waals surface area contributed by atoms with Crippen molar-refractivity contribution in [3.8, 4) is 0 Å². The van der Waals surface area contributed by atoms with Crippen LogP contribution in [0, 0.1) is 5.82 Å². The van der Waals surface area contributed by atoms with Crippen LogP contribution in [-0.4, -0.2) is 18.0 Å². The van der Waals surface area contributed by atoms with E-state index in [1.807, 2.05) is 17.9 Å². The van der Waals surface area contributed by atoms with Crippen LogP contribution in [0.4, 0.5) is 15.8 Å². The lowest BCUT2D eigenvalue weighted by atomic mass is 10.1. The average Bonchev–Trinajstić information content (AvgIpc) is 3.06. The van der Waals surface area contributed by atoms with Crippen molar-refractivity contribution in [3.63, 3.8) is 0 Å². The summed E-state index contributed by atoms with van der Waals surface area (Å²) in [5.41, 5.74) is 1.15. The van der Waals surface area contributed by atoms with E-state index in [0.717, 1.165) is 18.5 Å². The third-order valence-electron chi connectivity index (χ3n) is 3.25. The number of hydrogen-bond donors (Lipinski definition) is 1. The number of fused-ring (bicyclic) bond motifs is 1. The predicted octanol–water partition coefficient (Wildman–Crippen LogP) is 2.14. The molecular formula is C12H13FN2O. The number of carbonyl (C=O) groups is 1. The Kier molecular flexibility index (Phi) is 1.93. The molecule has 1 aliphatic heterocycles. The Labute approximate surface area is 93.2 Å². The van der Waals surface area contributed by atoms with Gasteiger partial charge in [0.25, 0.3) is 0 Å². The van der Waals surface area contributed by atoms with E-state index in [-0.39, 0.29) is 17.8 Å². The maximum absolute atomic E-state index is 13.6. The van der Waals surface area contributed by atoms with Gasteiger partial charge >= 0.3 is 0 Å². The SMILES string of the molecule is CC1C(=O)Nc2c(F)cccc2N1C1CC1. The van der Waals surface area contributed by atoms with Gasteiger partial charge in [-0.2, -0.15) is 0 Å².